The summed E-state index contributed by atoms with van der Waals surface area (Å²) in [7, 11) is -1.19. The van der Waals surface area contributed by atoms with Crippen LogP contribution in [0.15, 0.2) is 18.2 Å². The molecule has 0 saturated heterocycles. The minimum Gasteiger partial charge on any atom is -0.490 e. The molecule has 1 fully saturated rings. The van der Waals surface area contributed by atoms with Crippen LogP contribution >= 0.6 is 0 Å². The van der Waals surface area contributed by atoms with Gasteiger partial charge in [-0.1, -0.05) is 0 Å². The van der Waals surface area contributed by atoms with E-state index < -0.39 is 11.0 Å². The van der Waals surface area contributed by atoms with Gasteiger partial charge in [-0.2, -0.15) is 0 Å². The smallest absolute Gasteiger partial charge is 0.127 e. The highest BCUT2D eigenvalue weighted by molar-refractivity contribution is 7.84. The Hall–Kier alpha value is -0.940. The molecule has 20 heavy (non-hydrogen) atoms. The molecular formula is C15H22FNO2S. The predicted molar refractivity (Wildman–Crippen MR) is 79.5 cm³/mol. The zero-order valence-corrected chi connectivity index (χ0v) is 13.2. The number of nitrogens with one attached hydrogen (secondary N) is 1. The third-order valence-electron chi connectivity index (χ3n) is 3.06. The largest absolute Gasteiger partial charge is 0.490 e. The lowest BCUT2D eigenvalue weighted by atomic mass is 10.1. The minimum atomic E-state index is -1.19. The Morgan fingerprint density at radius 1 is 1.35 bits per heavy atom. The summed E-state index contributed by atoms with van der Waals surface area (Å²) in [5.74, 6) is 0.228. The van der Waals surface area contributed by atoms with Crippen LogP contribution in [0.25, 0.3) is 0 Å². The summed E-state index contributed by atoms with van der Waals surface area (Å²) >= 11 is 0. The fourth-order valence-corrected chi connectivity index (χ4v) is 2.50. The second-order valence-electron chi connectivity index (χ2n) is 6.26. The van der Waals surface area contributed by atoms with E-state index in [-0.39, 0.29) is 22.7 Å². The maximum atomic E-state index is 13.6. The molecule has 0 aliphatic heterocycles. The van der Waals surface area contributed by atoms with E-state index in [9.17, 15) is 8.60 Å². The number of benzene rings is 1. The topological polar surface area (TPSA) is 38.3 Å². The molecule has 0 radical (unpaired) electrons. The molecule has 1 aliphatic carbocycles. The number of hydrogen-bond acceptors (Lipinski definition) is 2. The molecule has 5 heteroatoms. The molecule has 0 spiro atoms. The molecule has 1 aromatic rings. The van der Waals surface area contributed by atoms with Gasteiger partial charge in [0.25, 0.3) is 0 Å². The zero-order valence-electron chi connectivity index (χ0n) is 12.4. The third-order valence-corrected chi connectivity index (χ3v) is 4.74. The Labute approximate surface area is 122 Å². The SMILES string of the molecule is C[C@@H](N[S@@](=O)C(C)(C)C)c1cc(F)cc(OC2CC2)c1. The molecular weight excluding hydrogens is 277 g/mol. The van der Waals surface area contributed by atoms with Crippen molar-refractivity contribution in [1.82, 2.24) is 4.72 Å². The quantitative estimate of drug-likeness (QED) is 0.904. The highest BCUT2D eigenvalue weighted by atomic mass is 32.2. The fraction of sp³-hybridized carbons (Fsp3) is 0.600. The normalized spacial score (nSPS) is 18.6. The van der Waals surface area contributed by atoms with Crippen molar-refractivity contribution in [3.63, 3.8) is 0 Å². The summed E-state index contributed by atoms with van der Waals surface area (Å²) in [4.78, 5) is 0. The molecule has 1 aromatic carbocycles. The van der Waals surface area contributed by atoms with E-state index in [1.165, 1.54) is 12.1 Å². The van der Waals surface area contributed by atoms with Crippen LogP contribution in [0.3, 0.4) is 0 Å². The molecule has 0 bridgehead atoms. The van der Waals surface area contributed by atoms with Crippen molar-refractivity contribution in [1.29, 1.82) is 0 Å². The Balaban J connectivity index is 2.10. The van der Waals surface area contributed by atoms with Crippen LogP contribution in [0.1, 0.15) is 52.1 Å². The van der Waals surface area contributed by atoms with Crippen molar-refractivity contribution < 1.29 is 13.3 Å². The monoisotopic (exact) mass is 299 g/mol. The van der Waals surface area contributed by atoms with Crippen LogP contribution in [-0.4, -0.2) is 15.1 Å². The maximum Gasteiger partial charge on any atom is 0.127 e. The third kappa shape index (κ3) is 4.28. The molecule has 1 aliphatic rings. The summed E-state index contributed by atoms with van der Waals surface area (Å²) in [6.45, 7) is 7.57. The van der Waals surface area contributed by atoms with Crippen molar-refractivity contribution in [3.05, 3.63) is 29.6 Å². The van der Waals surface area contributed by atoms with Crippen LogP contribution in [0.5, 0.6) is 5.75 Å². The Kier molecular flexibility index (Phi) is 4.49. The summed E-state index contributed by atoms with van der Waals surface area (Å²) in [6.07, 6.45) is 2.30. The summed E-state index contributed by atoms with van der Waals surface area (Å²) in [5.41, 5.74) is 0.748. The van der Waals surface area contributed by atoms with Crippen LogP contribution in [0, 0.1) is 5.82 Å². The van der Waals surface area contributed by atoms with Gasteiger partial charge in [0, 0.05) is 12.1 Å². The lowest BCUT2D eigenvalue weighted by Gasteiger charge is -2.22. The lowest BCUT2D eigenvalue weighted by Crippen LogP contribution is -2.34. The van der Waals surface area contributed by atoms with Gasteiger partial charge in [0.05, 0.1) is 21.8 Å². The molecule has 0 unspecified atom stereocenters. The standard InChI is InChI=1S/C15H22FNO2S/c1-10(17-20(18)15(2,3)4)11-7-12(16)9-14(8-11)19-13-5-6-13/h7-10,13,17H,5-6H2,1-4H3/t10-,20+/m1/s1. The van der Waals surface area contributed by atoms with Crippen molar-refractivity contribution in [2.45, 2.75) is 57.4 Å². The first-order chi connectivity index (χ1) is 9.25. The maximum absolute atomic E-state index is 13.6. The van der Waals surface area contributed by atoms with Crippen molar-refractivity contribution >= 4 is 11.0 Å². The van der Waals surface area contributed by atoms with Gasteiger partial charge in [0.15, 0.2) is 0 Å². The zero-order chi connectivity index (χ0) is 14.9. The lowest BCUT2D eigenvalue weighted by molar-refractivity contribution is 0.301. The average Bonchev–Trinajstić information content (AvgIpc) is 3.10. The van der Waals surface area contributed by atoms with Crippen LogP contribution in [-0.2, 0) is 11.0 Å². The summed E-state index contributed by atoms with van der Waals surface area (Å²) in [6, 6.07) is 4.47. The minimum absolute atomic E-state index is 0.202. The molecule has 112 valence electrons. The highest BCUT2D eigenvalue weighted by Crippen LogP contribution is 2.29. The van der Waals surface area contributed by atoms with Gasteiger partial charge in [-0.05, 0) is 58.2 Å². The van der Waals surface area contributed by atoms with Crippen LogP contribution < -0.4 is 9.46 Å². The highest BCUT2D eigenvalue weighted by Gasteiger charge is 2.25. The van der Waals surface area contributed by atoms with Crippen molar-refractivity contribution in [3.8, 4) is 5.75 Å². The van der Waals surface area contributed by atoms with Gasteiger partial charge in [-0.3, -0.25) is 0 Å². The van der Waals surface area contributed by atoms with E-state index >= 15 is 0 Å². The molecule has 1 N–H and O–H groups in total. The van der Waals surface area contributed by atoms with E-state index in [1.807, 2.05) is 33.8 Å². The molecule has 0 amide bonds. The summed E-state index contributed by atoms with van der Waals surface area (Å²) in [5, 5.41) is 0. The second kappa shape index (κ2) is 5.82. The van der Waals surface area contributed by atoms with Crippen LogP contribution in [0.2, 0.25) is 0 Å². The van der Waals surface area contributed by atoms with Crippen LogP contribution in [0.4, 0.5) is 4.39 Å². The first kappa shape index (κ1) is 15.4. The molecule has 0 aromatic heterocycles. The van der Waals surface area contributed by atoms with E-state index in [4.69, 9.17) is 4.74 Å². The van der Waals surface area contributed by atoms with Gasteiger partial charge < -0.3 is 4.74 Å². The number of rotatable bonds is 5. The van der Waals surface area contributed by atoms with Gasteiger partial charge in [0.1, 0.15) is 11.6 Å². The molecule has 2 rings (SSSR count). The number of hydrogen-bond donors (Lipinski definition) is 1. The Bertz CT molecular complexity index is 509. The Morgan fingerprint density at radius 2 is 2.00 bits per heavy atom. The van der Waals surface area contributed by atoms with Gasteiger partial charge in [-0.15, -0.1) is 0 Å². The summed E-state index contributed by atoms with van der Waals surface area (Å²) < 4.78 is 34.0. The van der Waals surface area contributed by atoms with Crippen molar-refractivity contribution in [2.75, 3.05) is 0 Å². The fourth-order valence-electron chi connectivity index (χ4n) is 1.69. The van der Waals surface area contributed by atoms with E-state index in [0.29, 0.717) is 5.75 Å². The Morgan fingerprint density at radius 3 is 2.55 bits per heavy atom. The van der Waals surface area contributed by atoms with E-state index in [1.54, 1.807) is 0 Å². The van der Waals surface area contributed by atoms with Gasteiger partial charge in [-0.25, -0.2) is 13.3 Å². The molecule has 2 atom stereocenters. The number of ether oxygens (including phenoxy) is 1. The van der Waals surface area contributed by atoms with E-state index in [0.717, 1.165) is 18.4 Å². The van der Waals surface area contributed by atoms with E-state index in [2.05, 4.69) is 4.72 Å². The molecule has 0 heterocycles. The van der Waals surface area contributed by atoms with Gasteiger partial charge >= 0.3 is 0 Å². The first-order valence-electron chi connectivity index (χ1n) is 6.91. The first-order valence-corrected chi connectivity index (χ1v) is 8.06. The van der Waals surface area contributed by atoms with Gasteiger partial charge in [0.2, 0.25) is 0 Å². The number of halogens is 1. The second-order valence-corrected chi connectivity index (χ2v) is 8.26. The molecule has 1 saturated carbocycles. The molecule has 3 nitrogen and oxygen atoms in total. The van der Waals surface area contributed by atoms with Crippen molar-refractivity contribution in [2.24, 2.45) is 0 Å². The average molecular weight is 299 g/mol. The predicted octanol–water partition coefficient (Wildman–Crippen LogP) is 3.48.